The van der Waals surface area contributed by atoms with Gasteiger partial charge in [-0.3, -0.25) is 0 Å². The Bertz CT molecular complexity index is 318. The normalized spacial score (nSPS) is 11.1. The summed E-state index contributed by atoms with van der Waals surface area (Å²) in [6, 6.07) is 0. The fraction of sp³-hybridized carbons (Fsp3) is 0.846. The van der Waals surface area contributed by atoms with Gasteiger partial charge in [0.25, 0.3) is 0 Å². The number of rotatable bonds is 12. The Morgan fingerprint density at radius 1 is 0.947 bits per heavy atom. The summed E-state index contributed by atoms with van der Waals surface area (Å²) in [5, 5.41) is 8.02. The van der Waals surface area contributed by atoms with Gasteiger partial charge in [0.2, 0.25) is 0 Å². The number of aryl methyl sites for hydroxylation is 1. The van der Waals surface area contributed by atoms with Crippen molar-refractivity contribution >= 4 is 0 Å². The van der Waals surface area contributed by atoms with Gasteiger partial charge in [-0.1, -0.05) is 19.1 Å². The smallest absolute Gasteiger partial charge is 0.0824 e. The van der Waals surface area contributed by atoms with Crippen LogP contribution in [0.5, 0.6) is 0 Å². The Balaban J connectivity index is 1.86. The quantitative estimate of drug-likeness (QED) is 0.536. The van der Waals surface area contributed by atoms with E-state index in [-0.39, 0.29) is 0 Å². The molecule has 0 atom stereocenters. The third-order valence-electron chi connectivity index (χ3n) is 2.51. The first-order valence-electron chi connectivity index (χ1n) is 6.99. The molecular formula is C13H25N3O3. The molecule has 0 spiro atoms. The lowest BCUT2D eigenvalue weighted by molar-refractivity contribution is 0.0128. The predicted molar refractivity (Wildman–Crippen MR) is 72.1 cm³/mol. The minimum absolute atomic E-state index is 0.600. The summed E-state index contributed by atoms with van der Waals surface area (Å²) in [5.74, 6) is 0. The Labute approximate surface area is 115 Å². The zero-order chi connectivity index (χ0) is 13.8. The maximum Gasteiger partial charge on any atom is 0.0824 e. The van der Waals surface area contributed by atoms with Gasteiger partial charge in [-0.15, -0.1) is 5.10 Å². The number of hydrogen-bond donors (Lipinski definition) is 0. The second-order valence-corrected chi connectivity index (χ2v) is 4.16. The van der Waals surface area contributed by atoms with Crippen molar-refractivity contribution in [2.75, 3.05) is 39.6 Å². The third-order valence-corrected chi connectivity index (χ3v) is 2.51. The molecule has 0 bridgehead atoms. The van der Waals surface area contributed by atoms with E-state index in [0.29, 0.717) is 33.0 Å². The van der Waals surface area contributed by atoms with Crippen LogP contribution in [0.1, 0.15) is 26.0 Å². The maximum absolute atomic E-state index is 5.45. The highest BCUT2D eigenvalue weighted by Gasteiger charge is 1.97. The van der Waals surface area contributed by atoms with Crippen LogP contribution >= 0.6 is 0 Å². The van der Waals surface area contributed by atoms with Crippen LogP contribution in [-0.2, 0) is 27.2 Å². The monoisotopic (exact) mass is 271 g/mol. The first-order chi connectivity index (χ1) is 9.36. The van der Waals surface area contributed by atoms with Crippen LogP contribution in [-0.4, -0.2) is 54.6 Å². The molecule has 19 heavy (non-hydrogen) atoms. The number of aromatic nitrogens is 3. The molecule has 0 radical (unpaired) electrons. The molecule has 6 heteroatoms. The number of hydrogen-bond acceptors (Lipinski definition) is 5. The van der Waals surface area contributed by atoms with Gasteiger partial charge < -0.3 is 14.2 Å². The van der Waals surface area contributed by atoms with Gasteiger partial charge in [-0.05, 0) is 12.8 Å². The van der Waals surface area contributed by atoms with Crippen LogP contribution in [0.25, 0.3) is 0 Å². The zero-order valence-electron chi connectivity index (χ0n) is 12.0. The van der Waals surface area contributed by atoms with E-state index in [1.165, 1.54) is 0 Å². The van der Waals surface area contributed by atoms with Gasteiger partial charge >= 0.3 is 0 Å². The Hall–Kier alpha value is -0.980. The lowest BCUT2D eigenvalue weighted by Gasteiger charge is -2.06. The van der Waals surface area contributed by atoms with Crippen molar-refractivity contribution in [3.8, 4) is 0 Å². The van der Waals surface area contributed by atoms with Crippen LogP contribution < -0.4 is 0 Å². The van der Waals surface area contributed by atoms with E-state index in [4.69, 9.17) is 14.2 Å². The molecule has 0 N–H and O–H groups in total. The summed E-state index contributed by atoms with van der Waals surface area (Å²) in [4.78, 5) is 0. The molecule has 0 aliphatic carbocycles. The van der Waals surface area contributed by atoms with Gasteiger partial charge in [0.05, 0.1) is 45.3 Å². The highest BCUT2D eigenvalue weighted by atomic mass is 16.5. The van der Waals surface area contributed by atoms with Gasteiger partial charge in [0.15, 0.2) is 0 Å². The topological polar surface area (TPSA) is 58.4 Å². The summed E-state index contributed by atoms with van der Waals surface area (Å²) in [6.07, 6.45) is 3.91. The molecule has 0 aliphatic heterocycles. The van der Waals surface area contributed by atoms with E-state index in [1.807, 2.05) is 6.20 Å². The lowest BCUT2D eigenvalue weighted by atomic mass is 10.4. The Morgan fingerprint density at radius 2 is 1.58 bits per heavy atom. The summed E-state index contributed by atoms with van der Waals surface area (Å²) in [5.41, 5.74) is 1.01. The van der Waals surface area contributed by atoms with Crippen molar-refractivity contribution in [1.29, 1.82) is 0 Å². The highest BCUT2D eigenvalue weighted by molar-refractivity contribution is 4.90. The fourth-order valence-corrected chi connectivity index (χ4v) is 1.45. The summed E-state index contributed by atoms with van der Waals surface area (Å²) in [7, 11) is 0. The third kappa shape index (κ3) is 7.92. The molecule has 0 aliphatic rings. The van der Waals surface area contributed by atoms with Crippen LogP contribution in [0.3, 0.4) is 0 Å². The Morgan fingerprint density at radius 3 is 2.16 bits per heavy atom. The van der Waals surface area contributed by atoms with Crippen LogP contribution in [0.4, 0.5) is 0 Å². The molecule has 1 aromatic heterocycles. The van der Waals surface area contributed by atoms with Crippen molar-refractivity contribution in [3.05, 3.63) is 11.9 Å². The molecule has 0 saturated heterocycles. The minimum Gasteiger partial charge on any atom is -0.379 e. The maximum atomic E-state index is 5.45. The molecule has 0 fully saturated rings. The van der Waals surface area contributed by atoms with Crippen LogP contribution in [0.15, 0.2) is 6.20 Å². The van der Waals surface area contributed by atoms with Gasteiger partial charge in [-0.2, -0.15) is 0 Å². The molecular weight excluding hydrogens is 246 g/mol. The highest BCUT2D eigenvalue weighted by Crippen LogP contribution is 1.93. The van der Waals surface area contributed by atoms with Gasteiger partial charge in [0.1, 0.15) is 0 Å². The van der Waals surface area contributed by atoms with E-state index >= 15 is 0 Å². The van der Waals surface area contributed by atoms with Crippen molar-refractivity contribution in [1.82, 2.24) is 15.0 Å². The van der Waals surface area contributed by atoms with Crippen LogP contribution in [0.2, 0.25) is 0 Å². The molecule has 0 amide bonds. The van der Waals surface area contributed by atoms with Gasteiger partial charge in [-0.25, -0.2) is 4.68 Å². The van der Waals surface area contributed by atoms with E-state index in [2.05, 4.69) is 24.2 Å². The van der Waals surface area contributed by atoms with Crippen molar-refractivity contribution < 1.29 is 14.2 Å². The van der Waals surface area contributed by atoms with E-state index in [9.17, 15) is 0 Å². The van der Waals surface area contributed by atoms with Crippen LogP contribution in [0, 0.1) is 0 Å². The summed E-state index contributed by atoms with van der Waals surface area (Å²) in [6.45, 7) is 8.81. The number of ether oxygens (including phenoxy) is 3. The van der Waals surface area contributed by atoms with E-state index in [0.717, 1.165) is 31.7 Å². The summed E-state index contributed by atoms with van der Waals surface area (Å²) >= 11 is 0. The van der Waals surface area contributed by atoms with E-state index < -0.39 is 0 Å². The molecule has 1 heterocycles. The SMILES string of the molecule is CCCOCCOCCOCCn1cc(CC)nn1. The van der Waals surface area contributed by atoms with Gasteiger partial charge in [0, 0.05) is 12.8 Å². The van der Waals surface area contributed by atoms with Crippen molar-refractivity contribution in [2.45, 2.75) is 33.2 Å². The molecule has 1 rings (SSSR count). The first kappa shape index (κ1) is 16.1. The molecule has 110 valence electrons. The van der Waals surface area contributed by atoms with Crippen molar-refractivity contribution in [3.63, 3.8) is 0 Å². The zero-order valence-corrected chi connectivity index (χ0v) is 12.0. The first-order valence-corrected chi connectivity index (χ1v) is 6.99. The summed E-state index contributed by atoms with van der Waals surface area (Å²) < 4.78 is 17.9. The average molecular weight is 271 g/mol. The average Bonchev–Trinajstić information content (AvgIpc) is 2.89. The van der Waals surface area contributed by atoms with Crippen molar-refractivity contribution in [2.24, 2.45) is 0 Å². The standard InChI is InChI=1S/C13H25N3O3/c1-3-6-17-8-10-19-11-9-18-7-5-16-12-13(4-2)14-15-16/h12H,3-11H2,1-2H3. The molecule has 0 aromatic carbocycles. The second kappa shape index (κ2) is 10.9. The second-order valence-electron chi connectivity index (χ2n) is 4.16. The molecule has 0 unspecified atom stereocenters. The molecule has 0 saturated carbocycles. The predicted octanol–water partition coefficient (Wildman–Crippen LogP) is 1.30. The number of nitrogens with zero attached hydrogens (tertiary/aromatic N) is 3. The lowest BCUT2D eigenvalue weighted by Crippen LogP contribution is -2.12. The fourth-order valence-electron chi connectivity index (χ4n) is 1.45. The molecule has 1 aromatic rings. The van der Waals surface area contributed by atoms with E-state index in [1.54, 1.807) is 4.68 Å². The largest absolute Gasteiger partial charge is 0.379 e. The minimum atomic E-state index is 0.600. The Kier molecular flexibility index (Phi) is 9.22. The molecule has 6 nitrogen and oxygen atoms in total.